The minimum atomic E-state index is -5.17. The summed E-state index contributed by atoms with van der Waals surface area (Å²) in [6.45, 7) is 1.79. The van der Waals surface area contributed by atoms with Crippen LogP contribution in [0.4, 0.5) is 0 Å². The number of aryl methyl sites for hydroxylation is 4. The van der Waals surface area contributed by atoms with E-state index in [1.165, 1.54) is 22.3 Å². The molecule has 8 rings (SSSR count). The Morgan fingerprint density at radius 3 is 1.05 bits per heavy atom. The van der Waals surface area contributed by atoms with Crippen molar-refractivity contribution in [1.29, 1.82) is 0 Å². The summed E-state index contributed by atoms with van der Waals surface area (Å²) in [5.41, 5.74) is 7.19. The molecular weight excluding hydrogens is 837 g/mol. The summed E-state index contributed by atoms with van der Waals surface area (Å²) < 4.78 is 82.6. The maximum Gasteiger partial charge on any atom is 0.213 e. The fourth-order valence-electron chi connectivity index (χ4n) is 7.41. The summed E-state index contributed by atoms with van der Waals surface area (Å²) >= 11 is 0. The first-order chi connectivity index (χ1) is 27.4. The SMILES string of the molecule is COc1cc2c(cc1OC)-c1cc3ccc(OC)c(OC)c3c[n+]1CC2.COc1cc2c(cc1OC)-c1cc3ccc(OC)c(OC)c3c[n+]1CC2.O.O.O.O.O.O=S(=O)([O-])[O-]. The van der Waals surface area contributed by atoms with Crippen LogP contribution in [-0.4, -0.2) is 102 Å². The van der Waals surface area contributed by atoms with Gasteiger partial charge in [0.15, 0.2) is 71.5 Å². The molecule has 20 heteroatoms. The van der Waals surface area contributed by atoms with E-state index in [1.807, 2.05) is 12.1 Å². The lowest BCUT2D eigenvalue weighted by Crippen LogP contribution is -2.40. The van der Waals surface area contributed by atoms with E-state index in [0.717, 1.165) is 105 Å². The van der Waals surface area contributed by atoms with Crippen molar-refractivity contribution in [2.75, 3.05) is 56.9 Å². The topological polar surface area (TPSA) is 319 Å². The number of nitrogens with zero attached hydrogens (tertiary/aromatic N) is 2. The lowest BCUT2D eigenvalue weighted by atomic mass is 9.95. The van der Waals surface area contributed by atoms with E-state index in [9.17, 15) is 0 Å². The zero-order chi connectivity index (χ0) is 41.0. The number of rotatable bonds is 8. The van der Waals surface area contributed by atoms with Gasteiger partial charge in [-0.25, -0.2) is 0 Å². The van der Waals surface area contributed by atoms with Gasteiger partial charge in [0, 0.05) is 35.4 Å². The number of fused-ring (bicyclic) bond motifs is 8. The van der Waals surface area contributed by atoms with E-state index >= 15 is 0 Å². The zero-order valence-corrected chi connectivity index (χ0v) is 36.3. The summed E-state index contributed by atoms with van der Waals surface area (Å²) in [6.07, 6.45) is 6.16. The average molecular weight is 891 g/mol. The quantitative estimate of drug-likeness (QED) is 0.119. The molecular formula is C42H54N2O17S. The molecule has 62 heavy (non-hydrogen) atoms. The van der Waals surface area contributed by atoms with Crippen molar-refractivity contribution in [1.82, 2.24) is 0 Å². The van der Waals surface area contributed by atoms with Crippen molar-refractivity contribution < 1.29 is 91.9 Å². The largest absolute Gasteiger partial charge is 0.759 e. The van der Waals surface area contributed by atoms with Crippen LogP contribution in [0.3, 0.4) is 0 Å². The molecule has 0 saturated heterocycles. The van der Waals surface area contributed by atoms with Crippen LogP contribution in [-0.2, 0) is 36.3 Å². The smallest absolute Gasteiger partial charge is 0.213 e. The lowest BCUT2D eigenvalue weighted by Gasteiger charge is -2.19. The van der Waals surface area contributed by atoms with Gasteiger partial charge >= 0.3 is 0 Å². The third kappa shape index (κ3) is 10.8. The van der Waals surface area contributed by atoms with Crippen LogP contribution in [0.2, 0.25) is 0 Å². The molecule has 340 valence electrons. The van der Waals surface area contributed by atoms with E-state index in [-0.39, 0.29) is 27.4 Å². The Morgan fingerprint density at radius 2 is 0.758 bits per heavy atom. The van der Waals surface area contributed by atoms with Gasteiger partial charge in [0.1, 0.15) is 0 Å². The molecule has 0 bridgehead atoms. The van der Waals surface area contributed by atoms with Gasteiger partial charge in [-0.2, -0.15) is 9.13 Å². The van der Waals surface area contributed by atoms with Crippen LogP contribution in [0.1, 0.15) is 11.1 Å². The predicted octanol–water partition coefficient (Wildman–Crippen LogP) is 1.31. The molecule has 6 aromatic rings. The maximum atomic E-state index is 8.52. The van der Waals surface area contributed by atoms with E-state index in [1.54, 1.807) is 56.9 Å². The number of aromatic nitrogens is 2. The van der Waals surface area contributed by atoms with Crippen molar-refractivity contribution in [3.63, 3.8) is 0 Å². The average Bonchev–Trinajstić information content (AvgIpc) is 3.22. The van der Waals surface area contributed by atoms with Gasteiger partial charge in [-0.3, -0.25) is 8.42 Å². The van der Waals surface area contributed by atoms with Crippen molar-refractivity contribution in [3.05, 3.63) is 84.2 Å². The molecule has 4 aromatic carbocycles. The second-order valence-electron chi connectivity index (χ2n) is 12.9. The van der Waals surface area contributed by atoms with Crippen LogP contribution in [0, 0.1) is 0 Å². The normalized spacial score (nSPS) is 11.3. The predicted molar refractivity (Wildman–Crippen MR) is 228 cm³/mol. The summed E-state index contributed by atoms with van der Waals surface area (Å²) in [7, 11) is 8.17. The number of ether oxygens (including phenoxy) is 8. The van der Waals surface area contributed by atoms with Gasteiger partial charge < -0.3 is 74.4 Å². The molecule has 2 aliphatic rings. The summed E-state index contributed by atoms with van der Waals surface area (Å²) in [5, 5.41) is 4.30. The van der Waals surface area contributed by atoms with Crippen molar-refractivity contribution in [2.45, 2.75) is 25.9 Å². The van der Waals surface area contributed by atoms with Crippen LogP contribution in [0.25, 0.3) is 44.1 Å². The number of pyridine rings is 2. The first kappa shape index (κ1) is 53.8. The van der Waals surface area contributed by atoms with Gasteiger partial charge in [0.05, 0.1) is 78.8 Å². The van der Waals surface area contributed by atoms with Crippen LogP contribution in [0.15, 0.2) is 73.1 Å². The maximum absolute atomic E-state index is 8.52. The molecule has 10 N–H and O–H groups in total. The van der Waals surface area contributed by atoms with Crippen LogP contribution >= 0.6 is 0 Å². The Bertz CT molecular complexity index is 2420. The second-order valence-corrected chi connectivity index (χ2v) is 13.8. The molecule has 0 atom stereocenters. The van der Waals surface area contributed by atoms with E-state index in [2.05, 4.69) is 70.1 Å². The first-order valence-corrected chi connectivity index (χ1v) is 19.1. The standard InChI is InChI=1S/2C21H22NO4.H2O4S.5H2O/c2*1-23-18-6-5-13-9-17-15-11-20(25-3)19(24-2)10-14(15)7-8-22(17)12-16(13)21(18)26-4;1-5(2,3)4;;;;;/h2*5-6,9-12H,7-8H2,1-4H3;(H2,1,2,3,4);5*1H2/q2*+1;;;;;;/p-2. The van der Waals surface area contributed by atoms with Gasteiger partial charge in [0.25, 0.3) is 0 Å². The zero-order valence-electron chi connectivity index (χ0n) is 35.5. The Balaban J connectivity index is 0.000000521. The van der Waals surface area contributed by atoms with Gasteiger partial charge in [-0.1, -0.05) is 0 Å². The Labute approximate surface area is 358 Å². The Kier molecular flexibility index (Phi) is 19.6. The van der Waals surface area contributed by atoms with E-state index in [0.29, 0.717) is 0 Å². The molecule has 19 nitrogen and oxygen atoms in total. The molecule has 0 fully saturated rings. The summed E-state index contributed by atoms with van der Waals surface area (Å²) in [4.78, 5) is 0. The Morgan fingerprint density at radius 1 is 0.452 bits per heavy atom. The minimum Gasteiger partial charge on any atom is -0.759 e. The van der Waals surface area contributed by atoms with Crippen molar-refractivity contribution in [3.8, 4) is 68.5 Å². The van der Waals surface area contributed by atoms with Gasteiger partial charge in [-0.15, -0.1) is 0 Å². The van der Waals surface area contributed by atoms with Crippen LogP contribution in [0.5, 0.6) is 46.0 Å². The molecule has 0 spiro atoms. The second kappa shape index (κ2) is 22.6. The highest BCUT2D eigenvalue weighted by Crippen LogP contribution is 2.42. The first-order valence-electron chi connectivity index (χ1n) is 17.7. The highest BCUT2D eigenvalue weighted by Gasteiger charge is 2.29. The van der Waals surface area contributed by atoms with Gasteiger partial charge in [-0.05, 0) is 70.4 Å². The van der Waals surface area contributed by atoms with Crippen molar-refractivity contribution >= 4 is 31.9 Å². The van der Waals surface area contributed by atoms with Gasteiger partial charge in [0.2, 0.25) is 11.4 Å². The number of benzene rings is 4. The van der Waals surface area contributed by atoms with Crippen LogP contribution < -0.4 is 47.0 Å². The summed E-state index contributed by atoms with van der Waals surface area (Å²) in [6, 6.07) is 20.7. The third-order valence-corrected chi connectivity index (χ3v) is 10.0. The Hall–Kier alpha value is -6.23. The molecule has 0 unspecified atom stereocenters. The highest BCUT2D eigenvalue weighted by atomic mass is 32.3. The minimum absolute atomic E-state index is 0. The fourth-order valence-corrected chi connectivity index (χ4v) is 7.41. The van der Waals surface area contributed by atoms with E-state index < -0.39 is 10.4 Å². The number of hydrogen-bond acceptors (Lipinski definition) is 12. The molecule has 0 aliphatic carbocycles. The molecule has 2 aromatic heterocycles. The molecule has 0 amide bonds. The third-order valence-electron chi connectivity index (χ3n) is 10.0. The summed E-state index contributed by atoms with van der Waals surface area (Å²) in [5.74, 6) is 6.03. The molecule has 4 heterocycles. The molecule has 0 radical (unpaired) electrons. The molecule has 0 saturated carbocycles. The molecule has 2 aliphatic heterocycles. The highest BCUT2D eigenvalue weighted by molar-refractivity contribution is 7.79. The fraction of sp³-hybridized carbons (Fsp3) is 0.286. The number of hydrogen-bond donors (Lipinski definition) is 0. The monoisotopic (exact) mass is 890 g/mol. The lowest BCUT2D eigenvalue weighted by molar-refractivity contribution is -0.686. The van der Waals surface area contributed by atoms with Crippen molar-refractivity contribution in [2.24, 2.45) is 0 Å². The number of methoxy groups -OCH3 is 8. The van der Waals surface area contributed by atoms with E-state index in [4.69, 9.17) is 55.4 Å².